The number of halogens is 1. The molecule has 1 aliphatic heterocycles. The number of hydrogen-bond donors (Lipinski definition) is 1. The molecule has 2 aliphatic rings. The smallest absolute Gasteiger partial charge is 0.329 e. The summed E-state index contributed by atoms with van der Waals surface area (Å²) in [7, 11) is 0. The van der Waals surface area contributed by atoms with Crippen LogP contribution in [0.5, 0.6) is 0 Å². The normalized spacial score (nSPS) is 17.1. The Bertz CT molecular complexity index is 1220. The van der Waals surface area contributed by atoms with Gasteiger partial charge in [-0.05, 0) is 42.6 Å². The number of carbonyl (C=O) groups is 1. The van der Waals surface area contributed by atoms with Gasteiger partial charge in [0.2, 0.25) is 0 Å². The van der Waals surface area contributed by atoms with Gasteiger partial charge in [-0.15, -0.1) is 0 Å². The van der Waals surface area contributed by atoms with E-state index in [1.807, 2.05) is 24.3 Å². The van der Waals surface area contributed by atoms with Crippen LogP contribution in [0.15, 0.2) is 33.9 Å². The second kappa shape index (κ2) is 7.00. The highest BCUT2D eigenvalue weighted by atomic mass is 35.5. The van der Waals surface area contributed by atoms with Crippen molar-refractivity contribution >= 4 is 45.8 Å². The zero-order valence-corrected chi connectivity index (χ0v) is 17.0. The van der Waals surface area contributed by atoms with E-state index in [1.54, 1.807) is 4.90 Å². The second-order valence-electron chi connectivity index (χ2n) is 7.33. The number of benzene rings is 1. The average molecular weight is 432 g/mol. The van der Waals surface area contributed by atoms with Crippen LogP contribution in [0.3, 0.4) is 0 Å². The number of aromatic amines is 1. The molecular formula is C19H18ClN5O3S. The number of fused-ring (bicyclic) bond motifs is 1. The third kappa shape index (κ3) is 3.24. The molecule has 3 aromatic rings. The summed E-state index contributed by atoms with van der Waals surface area (Å²) in [5.74, 6) is -0.206. The number of hydrogen-bond acceptors (Lipinski definition) is 6. The van der Waals surface area contributed by atoms with Gasteiger partial charge >= 0.3 is 5.69 Å². The lowest BCUT2D eigenvalue weighted by Crippen LogP contribution is -2.48. The topological polar surface area (TPSA) is 91.3 Å². The average Bonchev–Trinajstić information content (AvgIpc) is 3.46. The minimum absolute atomic E-state index is 0.0453. The van der Waals surface area contributed by atoms with E-state index in [-0.39, 0.29) is 23.0 Å². The van der Waals surface area contributed by atoms with Crippen LogP contribution in [-0.2, 0) is 0 Å². The van der Waals surface area contributed by atoms with Gasteiger partial charge in [0.05, 0.1) is 5.52 Å². The van der Waals surface area contributed by atoms with Crippen molar-refractivity contribution in [3.8, 4) is 0 Å². The monoisotopic (exact) mass is 431 g/mol. The molecule has 1 aliphatic carbocycles. The molecule has 0 atom stereocenters. The standard InChI is InChI=1S/C19H18ClN5O3S/c20-11-2-1-3-13(10-11)23-6-8-24(9-7-23)18(27)16-14-15(22-29-16)17(26)25(12-4-5-12)19(28)21-14/h1-3,10,12H,4-9H2,(H,21,28). The van der Waals surface area contributed by atoms with Gasteiger partial charge in [-0.3, -0.25) is 14.2 Å². The van der Waals surface area contributed by atoms with Crippen LogP contribution in [0.2, 0.25) is 5.02 Å². The SMILES string of the molecule is O=C(c1snc2c(=O)n(C3CC3)c(=O)[nH]c12)N1CCN(c2cccc(Cl)c2)CC1. The molecule has 1 amide bonds. The van der Waals surface area contributed by atoms with Crippen molar-refractivity contribution in [1.82, 2.24) is 18.8 Å². The maximum absolute atomic E-state index is 13.1. The molecule has 1 N–H and O–H groups in total. The number of H-pyrrole nitrogens is 1. The lowest BCUT2D eigenvalue weighted by Gasteiger charge is -2.36. The van der Waals surface area contributed by atoms with Crippen LogP contribution in [0, 0.1) is 0 Å². The minimum Gasteiger partial charge on any atom is -0.368 e. The molecule has 0 spiro atoms. The fourth-order valence-electron chi connectivity index (χ4n) is 3.72. The number of nitrogens with zero attached hydrogens (tertiary/aromatic N) is 4. The van der Waals surface area contributed by atoms with E-state index >= 15 is 0 Å². The Labute approximate surface area is 174 Å². The van der Waals surface area contributed by atoms with E-state index in [9.17, 15) is 14.4 Å². The lowest BCUT2D eigenvalue weighted by molar-refractivity contribution is 0.0753. The first-order valence-electron chi connectivity index (χ1n) is 9.47. The molecule has 0 bridgehead atoms. The first-order valence-corrected chi connectivity index (χ1v) is 10.6. The summed E-state index contributed by atoms with van der Waals surface area (Å²) >= 11 is 7.04. The van der Waals surface area contributed by atoms with Crippen LogP contribution in [0.25, 0.3) is 11.0 Å². The predicted octanol–water partition coefficient (Wildman–Crippen LogP) is 2.10. The van der Waals surface area contributed by atoms with E-state index in [1.165, 1.54) is 4.57 Å². The van der Waals surface area contributed by atoms with Crippen molar-refractivity contribution in [2.45, 2.75) is 18.9 Å². The largest absolute Gasteiger partial charge is 0.368 e. The fraction of sp³-hybridized carbons (Fsp3) is 0.368. The number of aromatic nitrogens is 3. The highest BCUT2D eigenvalue weighted by Gasteiger charge is 2.31. The lowest BCUT2D eigenvalue weighted by atomic mass is 10.2. The summed E-state index contributed by atoms with van der Waals surface area (Å²) in [6.07, 6.45) is 1.64. The molecule has 2 fully saturated rings. The number of nitrogens with one attached hydrogen (secondary N) is 1. The molecule has 0 unspecified atom stereocenters. The van der Waals surface area contributed by atoms with Gasteiger partial charge in [-0.25, -0.2) is 4.79 Å². The Balaban J connectivity index is 1.38. The predicted molar refractivity (Wildman–Crippen MR) is 112 cm³/mol. The number of amides is 1. The summed E-state index contributed by atoms with van der Waals surface area (Å²) in [5.41, 5.74) is 0.571. The first kappa shape index (κ1) is 18.4. The van der Waals surface area contributed by atoms with Gasteiger partial charge in [0.1, 0.15) is 4.88 Å². The Hall–Kier alpha value is -2.65. The molecule has 10 heteroatoms. The highest BCUT2D eigenvalue weighted by Crippen LogP contribution is 2.32. The maximum atomic E-state index is 13.1. The van der Waals surface area contributed by atoms with Gasteiger partial charge in [-0.1, -0.05) is 17.7 Å². The molecule has 1 saturated heterocycles. The first-order chi connectivity index (χ1) is 14.0. The molecule has 29 heavy (non-hydrogen) atoms. The van der Waals surface area contributed by atoms with E-state index < -0.39 is 11.2 Å². The highest BCUT2D eigenvalue weighted by molar-refractivity contribution is 7.09. The molecule has 1 saturated carbocycles. The second-order valence-corrected chi connectivity index (χ2v) is 8.54. The summed E-state index contributed by atoms with van der Waals surface area (Å²) < 4.78 is 5.41. The van der Waals surface area contributed by atoms with Crippen molar-refractivity contribution in [3.63, 3.8) is 0 Å². The summed E-state index contributed by atoms with van der Waals surface area (Å²) in [6.45, 7) is 2.42. The molecule has 150 valence electrons. The molecular weight excluding hydrogens is 414 g/mol. The molecule has 3 heterocycles. The minimum atomic E-state index is -0.468. The number of carbonyl (C=O) groups excluding carboxylic acids is 1. The van der Waals surface area contributed by atoms with Crippen LogP contribution in [0.1, 0.15) is 28.6 Å². The van der Waals surface area contributed by atoms with Crippen molar-refractivity contribution < 1.29 is 4.79 Å². The van der Waals surface area contributed by atoms with E-state index in [2.05, 4.69) is 14.3 Å². The van der Waals surface area contributed by atoms with Gasteiger partial charge in [0.15, 0.2) is 5.52 Å². The molecule has 1 aromatic carbocycles. The van der Waals surface area contributed by atoms with E-state index in [0.29, 0.717) is 36.1 Å². The fourth-order valence-corrected chi connectivity index (χ4v) is 4.70. The van der Waals surface area contributed by atoms with Crippen LogP contribution >= 0.6 is 23.1 Å². The third-order valence-corrected chi connectivity index (χ3v) is 6.48. The number of piperazine rings is 1. The number of rotatable bonds is 3. The van der Waals surface area contributed by atoms with E-state index in [0.717, 1.165) is 30.1 Å². The summed E-state index contributed by atoms with van der Waals surface area (Å²) in [4.78, 5) is 45.0. The molecule has 5 rings (SSSR count). The zero-order chi connectivity index (χ0) is 20.1. The van der Waals surface area contributed by atoms with Gasteiger partial charge in [0.25, 0.3) is 11.5 Å². The van der Waals surface area contributed by atoms with Crippen LogP contribution < -0.4 is 16.1 Å². The maximum Gasteiger partial charge on any atom is 0.329 e. The van der Waals surface area contributed by atoms with Gasteiger partial charge < -0.3 is 14.8 Å². The van der Waals surface area contributed by atoms with Crippen LogP contribution in [-0.4, -0.2) is 50.9 Å². The van der Waals surface area contributed by atoms with Crippen molar-refractivity contribution in [3.05, 3.63) is 55.0 Å². The molecule has 2 aromatic heterocycles. The van der Waals surface area contributed by atoms with Crippen molar-refractivity contribution in [2.24, 2.45) is 0 Å². The Morgan fingerprint density at radius 3 is 2.62 bits per heavy atom. The Morgan fingerprint density at radius 2 is 1.93 bits per heavy atom. The quantitative estimate of drug-likeness (QED) is 0.685. The summed E-state index contributed by atoms with van der Waals surface area (Å²) in [6, 6.07) is 7.60. The van der Waals surface area contributed by atoms with E-state index in [4.69, 9.17) is 11.6 Å². The Kier molecular flexibility index (Phi) is 4.44. The molecule has 8 nitrogen and oxygen atoms in total. The van der Waals surface area contributed by atoms with Gasteiger partial charge in [0, 0.05) is 42.9 Å². The molecule has 0 radical (unpaired) electrons. The third-order valence-electron chi connectivity index (χ3n) is 5.41. The van der Waals surface area contributed by atoms with Crippen molar-refractivity contribution in [1.29, 1.82) is 0 Å². The number of anilines is 1. The Morgan fingerprint density at radius 1 is 1.17 bits per heavy atom. The summed E-state index contributed by atoms with van der Waals surface area (Å²) in [5, 5.41) is 0.679. The van der Waals surface area contributed by atoms with Gasteiger partial charge in [-0.2, -0.15) is 4.37 Å². The van der Waals surface area contributed by atoms with Crippen LogP contribution in [0.4, 0.5) is 5.69 Å². The van der Waals surface area contributed by atoms with Crippen molar-refractivity contribution in [2.75, 3.05) is 31.1 Å². The zero-order valence-electron chi connectivity index (χ0n) is 15.4.